The van der Waals surface area contributed by atoms with Crippen molar-refractivity contribution in [1.29, 1.82) is 0 Å². The topological polar surface area (TPSA) is 50.9 Å². The van der Waals surface area contributed by atoms with Gasteiger partial charge in [-0.2, -0.15) is 0 Å². The Kier molecular flexibility index (Phi) is 6.31. The van der Waals surface area contributed by atoms with Crippen LogP contribution in [0.15, 0.2) is 84.0 Å². The molecule has 0 amide bonds. The highest BCUT2D eigenvalue weighted by Gasteiger charge is 2.18. The number of aliphatic hydroxyl groups excluding tert-OH is 1. The molecule has 4 nitrogen and oxygen atoms in total. The summed E-state index contributed by atoms with van der Waals surface area (Å²) < 4.78 is 2.13. The largest absolute Gasteiger partial charge is 0.388 e. The minimum Gasteiger partial charge on any atom is -0.388 e. The lowest BCUT2D eigenvalue weighted by Crippen LogP contribution is -2.07. The van der Waals surface area contributed by atoms with Gasteiger partial charge in [0.2, 0.25) is 0 Å². The second-order valence-corrected chi connectivity index (χ2v) is 8.41. The highest BCUT2D eigenvalue weighted by atomic mass is 32.2. The molecular formula is C25H25N3OS. The average Bonchev–Trinajstić information content (AvgIpc) is 3.15. The summed E-state index contributed by atoms with van der Waals surface area (Å²) in [6.07, 6.45) is 0.140. The number of thioether (sulfide) groups is 1. The van der Waals surface area contributed by atoms with E-state index in [2.05, 4.69) is 58.9 Å². The molecule has 1 atom stereocenters. The van der Waals surface area contributed by atoms with E-state index < -0.39 is 6.10 Å². The zero-order valence-corrected chi connectivity index (χ0v) is 18.0. The first-order valence-electron chi connectivity index (χ1n) is 10.0. The molecule has 0 aliphatic heterocycles. The zero-order valence-electron chi connectivity index (χ0n) is 17.2. The lowest BCUT2D eigenvalue weighted by Gasteiger charge is -2.15. The Morgan fingerprint density at radius 1 is 0.900 bits per heavy atom. The van der Waals surface area contributed by atoms with Crippen molar-refractivity contribution in [2.24, 2.45) is 0 Å². The van der Waals surface area contributed by atoms with Crippen LogP contribution in [-0.2, 0) is 6.42 Å². The number of hydrogen-bond acceptors (Lipinski definition) is 4. The van der Waals surface area contributed by atoms with Crippen LogP contribution in [0.4, 0.5) is 0 Å². The molecule has 0 saturated carbocycles. The van der Waals surface area contributed by atoms with Crippen LogP contribution in [0.2, 0.25) is 0 Å². The number of nitrogens with zero attached hydrogens (tertiary/aromatic N) is 3. The van der Waals surface area contributed by atoms with Crippen molar-refractivity contribution in [3.63, 3.8) is 0 Å². The van der Waals surface area contributed by atoms with Crippen molar-refractivity contribution in [2.45, 2.75) is 31.5 Å². The maximum Gasteiger partial charge on any atom is 0.195 e. The molecule has 4 rings (SSSR count). The van der Waals surface area contributed by atoms with E-state index in [1.54, 1.807) is 0 Å². The van der Waals surface area contributed by atoms with Crippen molar-refractivity contribution in [3.05, 3.63) is 107 Å². The summed E-state index contributed by atoms with van der Waals surface area (Å²) in [5.74, 6) is 1.41. The SMILES string of the molecule is Cc1ccc(-n2c(Cc3ccccc3)nnc2SC[C@H](O)c2ccccc2)c(C)c1. The van der Waals surface area contributed by atoms with Gasteiger partial charge >= 0.3 is 0 Å². The van der Waals surface area contributed by atoms with E-state index in [0.29, 0.717) is 12.2 Å². The number of aryl methyl sites for hydroxylation is 2. The standard InChI is InChI=1S/C25H25N3OS/c1-18-13-14-22(19(2)15-18)28-24(16-20-9-5-3-6-10-20)26-27-25(28)30-17-23(29)21-11-7-4-8-12-21/h3-15,23,29H,16-17H2,1-2H3/t23-/m0/s1. The fourth-order valence-electron chi connectivity index (χ4n) is 3.51. The van der Waals surface area contributed by atoms with Gasteiger partial charge < -0.3 is 5.11 Å². The molecule has 0 unspecified atom stereocenters. The van der Waals surface area contributed by atoms with Crippen LogP contribution in [0, 0.1) is 13.8 Å². The molecule has 3 aromatic carbocycles. The molecule has 4 aromatic rings. The van der Waals surface area contributed by atoms with E-state index in [9.17, 15) is 5.11 Å². The van der Waals surface area contributed by atoms with E-state index in [-0.39, 0.29) is 0 Å². The van der Waals surface area contributed by atoms with Crippen molar-refractivity contribution < 1.29 is 5.11 Å². The van der Waals surface area contributed by atoms with E-state index >= 15 is 0 Å². The third kappa shape index (κ3) is 4.64. The van der Waals surface area contributed by atoms with Crippen molar-refractivity contribution >= 4 is 11.8 Å². The van der Waals surface area contributed by atoms with Crippen LogP contribution in [-0.4, -0.2) is 25.6 Å². The molecule has 30 heavy (non-hydrogen) atoms. The summed E-state index contributed by atoms with van der Waals surface area (Å²) in [5, 5.41) is 20.4. The van der Waals surface area contributed by atoms with E-state index in [4.69, 9.17) is 0 Å². The fraction of sp³-hybridized carbons (Fsp3) is 0.200. The number of hydrogen-bond donors (Lipinski definition) is 1. The van der Waals surface area contributed by atoms with Crippen LogP contribution in [0.1, 0.15) is 34.2 Å². The van der Waals surface area contributed by atoms with Crippen LogP contribution in [0.25, 0.3) is 5.69 Å². The summed E-state index contributed by atoms with van der Waals surface area (Å²) in [5.41, 5.74) is 5.58. The minimum absolute atomic E-state index is 0.512. The van der Waals surface area contributed by atoms with Gasteiger partial charge in [0.25, 0.3) is 0 Å². The lowest BCUT2D eigenvalue weighted by molar-refractivity contribution is 0.204. The third-order valence-electron chi connectivity index (χ3n) is 5.05. The molecule has 0 saturated heterocycles. The van der Waals surface area contributed by atoms with Crippen LogP contribution >= 0.6 is 11.8 Å². The van der Waals surface area contributed by atoms with Gasteiger partial charge in [-0.3, -0.25) is 4.57 Å². The molecule has 1 heterocycles. The Morgan fingerprint density at radius 3 is 2.30 bits per heavy atom. The van der Waals surface area contributed by atoms with Gasteiger partial charge in [0.05, 0.1) is 11.8 Å². The smallest absolute Gasteiger partial charge is 0.195 e. The van der Waals surface area contributed by atoms with E-state index in [0.717, 1.165) is 22.2 Å². The Labute approximate surface area is 181 Å². The molecule has 0 bridgehead atoms. The number of benzene rings is 3. The number of rotatable bonds is 7. The normalized spacial score (nSPS) is 12.1. The maximum atomic E-state index is 10.6. The molecule has 0 aliphatic rings. The molecule has 1 aromatic heterocycles. The first-order chi connectivity index (χ1) is 14.6. The Bertz CT molecular complexity index is 1110. The highest BCUT2D eigenvalue weighted by Crippen LogP contribution is 2.29. The summed E-state index contributed by atoms with van der Waals surface area (Å²) in [6, 6.07) is 26.5. The van der Waals surface area contributed by atoms with Gasteiger partial charge in [0, 0.05) is 12.2 Å². The Balaban J connectivity index is 1.66. The molecule has 5 heteroatoms. The highest BCUT2D eigenvalue weighted by molar-refractivity contribution is 7.99. The van der Waals surface area contributed by atoms with Gasteiger partial charge in [-0.15, -0.1) is 10.2 Å². The molecule has 0 spiro atoms. The summed E-state index contributed by atoms with van der Waals surface area (Å²) in [7, 11) is 0. The van der Waals surface area contributed by atoms with Gasteiger partial charge in [-0.25, -0.2) is 0 Å². The van der Waals surface area contributed by atoms with E-state index in [1.165, 1.54) is 28.5 Å². The summed E-state index contributed by atoms with van der Waals surface area (Å²) in [6.45, 7) is 4.21. The van der Waals surface area contributed by atoms with Gasteiger partial charge in [-0.1, -0.05) is 90.1 Å². The molecular weight excluding hydrogens is 390 g/mol. The number of aliphatic hydroxyl groups is 1. The fourth-order valence-corrected chi connectivity index (χ4v) is 4.44. The van der Waals surface area contributed by atoms with Gasteiger partial charge in [0.1, 0.15) is 5.82 Å². The lowest BCUT2D eigenvalue weighted by atomic mass is 10.1. The second kappa shape index (κ2) is 9.28. The molecule has 1 N–H and O–H groups in total. The molecule has 0 fully saturated rings. The average molecular weight is 416 g/mol. The second-order valence-electron chi connectivity index (χ2n) is 7.42. The van der Waals surface area contributed by atoms with E-state index in [1.807, 2.05) is 48.5 Å². The van der Waals surface area contributed by atoms with Crippen molar-refractivity contribution in [2.75, 3.05) is 5.75 Å². The first kappa shape index (κ1) is 20.4. The Hall–Kier alpha value is -2.89. The summed E-state index contributed by atoms with van der Waals surface area (Å²) in [4.78, 5) is 0. The number of aromatic nitrogens is 3. The van der Waals surface area contributed by atoms with Crippen LogP contribution in [0.3, 0.4) is 0 Å². The van der Waals surface area contributed by atoms with Crippen LogP contribution in [0.5, 0.6) is 0 Å². The quantitative estimate of drug-likeness (QED) is 0.416. The summed E-state index contributed by atoms with van der Waals surface area (Å²) >= 11 is 1.53. The van der Waals surface area contributed by atoms with Crippen LogP contribution < -0.4 is 0 Å². The van der Waals surface area contributed by atoms with Gasteiger partial charge in [-0.05, 0) is 36.6 Å². The maximum absolute atomic E-state index is 10.6. The third-order valence-corrected chi connectivity index (χ3v) is 6.06. The van der Waals surface area contributed by atoms with Crippen molar-refractivity contribution in [1.82, 2.24) is 14.8 Å². The molecule has 0 radical (unpaired) electrons. The predicted octanol–water partition coefficient (Wildman–Crippen LogP) is 5.30. The predicted molar refractivity (Wildman–Crippen MR) is 122 cm³/mol. The molecule has 152 valence electrons. The minimum atomic E-state index is -0.557. The Morgan fingerprint density at radius 2 is 1.60 bits per heavy atom. The monoisotopic (exact) mass is 415 g/mol. The zero-order chi connectivity index (χ0) is 20.9. The first-order valence-corrected chi connectivity index (χ1v) is 11.0. The van der Waals surface area contributed by atoms with Gasteiger partial charge in [0.15, 0.2) is 5.16 Å². The molecule has 0 aliphatic carbocycles. The van der Waals surface area contributed by atoms with Crippen molar-refractivity contribution in [3.8, 4) is 5.69 Å².